The minimum atomic E-state index is -0.225. The van der Waals surface area contributed by atoms with Crippen LogP contribution in [0.25, 0.3) is 0 Å². The predicted molar refractivity (Wildman–Crippen MR) is 113 cm³/mol. The van der Waals surface area contributed by atoms with E-state index in [9.17, 15) is 9.59 Å². The fraction of sp³-hybridized carbons (Fsp3) is 0.391. The van der Waals surface area contributed by atoms with Crippen molar-refractivity contribution >= 4 is 17.5 Å². The predicted octanol–water partition coefficient (Wildman–Crippen LogP) is 4.56. The first-order chi connectivity index (χ1) is 13.3. The van der Waals surface area contributed by atoms with Gasteiger partial charge in [-0.1, -0.05) is 52.0 Å². The van der Waals surface area contributed by atoms with E-state index < -0.39 is 0 Å². The number of rotatable bonds is 8. The summed E-state index contributed by atoms with van der Waals surface area (Å²) in [6.45, 7) is 9.31. The zero-order chi connectivity index (χ0) is 20.7. The topological polar surface area (TPSA) is 67.4 Å². The van der Waals surface area contributed by atoms with Crippen LogP contribution >= 0.6 is 0 Å². The average molecular weight is 383 g/mol. The molecule has 2 N–H and O–H groups in total. The Morgan fingerprint density at radius 2 is 1.43 bits per heavy atom. The molecule has 0 radical (unpaired) electrons. The summed E-state index contributed by atoms with van der Waals surface area (Å²) in [5.74, 6) is 0.123. The van der Waals surface area contributed by atoms with E-state index in [0.717, 1.165) is 16.8 Å². The summed E-state index contributed by atoms with van der Waals surface area (Å²) >= 11 is 0. The second kappa shape index (κ2) is 10.0. The van der Waals surface area contributed by atoms with E-state index in [1.54, 1.807) is 31.4 Å². The summed E-state index contributed by atoms with van der Waals surface area (Å²) in [4.78, 5) is 25.2. The monoisotopic (exact) mass is 382 g/mol. The molecule has 0 fully saturated rings. The lowest BCUT2D eigenvalue weighted by molar-refractivity contribution is 0.0937. The minimum absolute atomic E-state index is 0.221. The maximum Gasteiger partial charge on any atom is 0.255 e. The minimum Gasteiger partial charge on any atom is -0.383 e. The van der Waals surface area contributed by atoms with E-state index in [1.165, 1.54) is 0 Å². The van der Waals surface area contributed by atoms with E-state index in [4.69, 9.17) is 4.74 Å². The van der Waals surface area contributed by atoms with Gasteiger partial charge in [0.05, 0.1) is 6.61 Å². The van der Waals surface area contributed by atoms with Crippen LogP contribution in [0.3, 0.4) is 0 Å². The number of para-hydroxylation sites is 1. The number of hydrogen-bond donors (Lipinski definition) is 2. The molecule has 2 aromatic rings. The van der Waals surface area contributed by atoms with Crippen molar-refractivity contribution in [2.24, 2.45) is 0 Å². The molecule has 0 atom stereocenters. The smallest absolute Gasteiger partial charge is 0.255 e. The maximum atomic E-state index is 12.9. The van der Waals surface area contributed by atoms with Crippen molar-refractivity contribution in [1.29, 1.82) is 0 Å². The van der Waals surface area contributed by atoms with E-state index in [0.29, 0.717) is 24.3 Å². The van der Waals surface area contributed by atoms with Gasteiger partial charge in [-0.05, 0) is 41.2 Å². The van der Waals surface area contributed by atoms with Gasteiger partial charge in [-0.3, -0.25) is 9.59 Å². The third-order valence-corrected chi connectivity index (χ3v) is 4.59. The molecule has 0 saturated carbocycles. The van der Waals surface area contributed by atoms with Gasteiger partial charge in [-0.15, -0.1) is 0 Å². The number of methoxy groups -OCH3 is 1. The molecular formula is C23H30N2O3. The Hall–Kier alpha value is -2.66. The molecule has 0 unspecified atom stereocenters. The van der Waals surface area contributed by atoms with Crippen LogP contribution in [0.4, 0.5) is 5.69 Å². The zero-order valence-electron chi connectivity index (χ0n) is 17.3. The lowest BCUT2D eigenvalue weighted by Gasteiger charge is -2.20. The highest BCUT2D eigenvalue weighted by atomic mass is 16.5. The molecule has 0 aliphatic rings. The van der Waals surface area contributed by atoms with Crippen molar-refractivity contribution in [3.8, 4) is 0 Å². The second-order valence-electron chi connectivity index (χ2n) is 7.40. The molecule has 2 aromatic carbocycles. The Labute approximate surface area is 167 Å². The first-order valence-corrected chi connectivity index (χ1v) is 9.66. The number of nitrogens with one attached hydrogen (secondary N) is 2. The van der Waals surface area contributed by atoms with Gasteiger partial charge >= 0.3 is 0 Å². The van der Waals surface area contributed by atoms with Crippen LogP contribution in [0.1, 0.15) is 71.4 Å². The molecule has 0 aromatic heterocycles. The van der Waals surface area contributed by atoms with Crippen molar-refractivity contribution in [3.63, 3.8) is 0 Å². The van der Waals surface area contributed by atoms with Crippen molar-refractivity contribution in [3.05, 3.63) is 64.7 Å². The quantitative estimate of drug-likeness (QED) is 0.658. The molecular weight excluding hydrogens is 352 g/mol. The number of carbonyl (C=O) groups excluding carboxylic acids is 2. The molecule has 0 spiro atoms. The molecule has 0 aliphatic heterocycles. The van der Waals surface area contributed by atoms with Crippen molar-refractivity contribution in [2.45, 2.75) is 39.5 Å². The second-order valence-corrected chi connectivity index (χ2v) is 7.40. The highest BCUT2D eigenvalue weighted by molar-refractivity contribution is 6.07. The van der Waals surface area contributed by atoms with Crippen molar-refractivity contribution in [2.75, 3.05) is 25.6 Å². The number of ether oxygens (including phenoxy) is 1. The van der Waals surface area contributed by atoms with Crippen molar-refractivity contribution in [1.82, 2.24) is 5.32 Å². The lowest BCUT2D eigenvalue weighted by atomic mass is 9.92. The average Bonchev–Trinajstić information content (AvgIpc) is 2.67. The first-order valence-electron chi connectivity index (χ1n) is 9.66. The Balaban J connectivity index is 2.27. The Morgan fingerprint density at radius 3 is 1.96 bits per heavy atom. The number of anilines is 1. The molecule has 0 bridgehead atoms. The summed E-state index contributed by atoms with van der Waals surface area (Å²) in [6, 6.07) is 12.9. The fourth-order valence-electron chi connectivity index (χ4n) is 3.05. The van der Waals surface area contributed by atoms with Gasteiger partial charge in [0.15, 0.2) is 0 Å². The van der Waals surface area contributed by atoms with Crippen LogP contribution in [-0.2, 0) is 4.74 Å². The molecule has 0 aliphatic carbocycles. The molecule has 2 rings (SSSR count). The maximum absolute atomic E-state index is 12.9. The van der Waals surface area contributed by atoms with Gasteiger partial charge in [0.2, 0.25) is 0 Å². The van der Waals surface area contributed by atoms with Gasteiger partial charge in [-0.2, -0.15) is 0 Å². The summed E-state index contributed by atoms with van der Waals surface area (Å²) in [5.41, 5.74) is 3.98. The fourth-order valence-corrected chi connectivity index (χ4v) is 3.05. The van der Waals surface area contributed by atoms with Crippen LogP contribution in [0.5, 0.6) is 0 Å². The van der Waals surface area contributed by atoms with E-state index >= 15 is 0 Å². The number of hydrogen-bond acceptors (Lipinski definition) is 3. The Bertz CT molecular complexity index is 802. The molecule has 28 heavy (non-hydrogen) atoms. The van der Waals surface area contributed by atoms with Crippen LogP contribution in [0, 0.1) is 0 Å². The zero-order valence-corrected chi connectivity index (χ0v) is 17.3. The highest BCUT2D eigenvalue weighted by Gasteiger charge is 2.17. The van der Waals surface area contributed by atoms with Crippen LogP contribution < -0.4 is 10.6 Å². The first kappa shape index (κ1) is 21.6. The van der Waals surface area contributed by atoms with Crippen LogP contribution in [0.15, 0.2) is 42.5 Å². The summed E-state index contributed by atoms with van der Waals surface area (Å²) in [7, 11) is 1.58. The molecule has 0 heterocycles. The number of amides is 2. The van der Waals surface area contributed by atoms with Gasteiger partial charge in [-0.25, -0.2) is 0 Å². The highest BCUT2D eigenvalue weighted by Crippen LogP contribution is 2.32. The lowest BCUT2D eigenvalue weighted by Crippen LogP contribution is -2.27. The summed E-state index contributed by atoms with van der Waals surface area (Å²) < 4.78 is 4.94. The summed E-state index contributed by atoms with van der Waals surface area (Å²) in [6.07, 6.45) is 0. The number of benzene rings is 2. The van der Waals surface area contributed by atoms with E-state index in [1.807, 2.05) is 18.2 Å². The van der Waals surface area contributed by atoms with Gasteiger partial charge in [0.25, 0.3) is 11.8 Å². The van der Waals surface area contributed by atoms with E-state index in [2.05, 4.69) is 38.3 Å². The number of carbonyl (C=O) groups is 2. The van der Waals surface area contributed by atoms with Crippen LogP contribution in [-0.4, -0.2) is 32.1 Å². The van der Waals surface area contributed by atoms with E-state index in [-0.39, 0.29) is 23.7 Å². The standard InChI is InChI=1S/C23H30N2O3/c1-15(2)19-10-7-11-20(16(3)4)21(19)25-23(27)18-9-6-8-17(14-18)22(26)24-12-13-28-5/h6-11,14-16H,12-13H2,1-5H3,(H,24,26)(H,25,27). The van der Waals surface area contributed by atoms with Crippen molar-refractivity contribution < 1.29 is 14.3 Å². The molecule has 0 saturated heterocycles. The van der Waals surface area contributed by atoms with Gasteiger partial charge in [0.1, 0.15) is 0 Å². The van der Waals surface area contributed by atoms with Gasteiger partial charge in [0, 0.05) is 30.5 Å². The van der Waals surface area contributed by atoms with Gasteiger partial charge < -0.3 is 15.4 Å². The molecule has 5 heteroatoms. The van der Waals surface area contributed by atoms with Crippen LogP contribution in [0.2, 0.25) is 0 Å². The third kappa shape index (κ3) is 5.42. The molecule has 2 amide bonds. The Morgan fingerprint density at radius 1 is 0.893 bits per heavy atom. The Kier molecular flexibility index (Phi) is 7.76. The SMILES string of the molecule is COCCNC(=O)c1cccc(C(=O)Nc2c(C(C)C)cccc2C(C)C)c1. The molecule has 5 nitrogen and oxygen atoms in total. The summed E-state index contributed by atoms with van der Waals surface area (Å²) in [5, 5.41) is 5.85. The molecule has 150 valence electrons. The third-order valence-electron chi connectivity index (χ3n) is 4.59. The normalized spacial score (nSPS) is 11.0. The largest absolute Gasteiger partial charge is 0.383 e.